The third-order valence-corrected chi connectivity index (χ3v) is 8.80. The fraction of sp³-hybridized carbons (Fsp3) is 0.407. The number of methoxy groups -OCH3 is 1. The Kier molecular flexibility index (Phi) is 5.95. The minimum atomic E-state index is -0.665. The zero-order chi connectivity index (χ0) is 26.3. The molecule has 1 N–H and O–H groups in total. The molecule has 9 heteroatoms. The second-order valence-corrected chi connectivity index (χ2v) is 12.3. The number of likely N-dealkylation sites (tertiary alicyclic amines) is 1. The molecular weight excluding hydrogens is 594 g/mol. The van der Waals surface area contributed by atoms with Crippen LogP contribution >= 0.6 is 31.9 Å². The molecule has 1 heterocycles. The summed E-state index contributed by atoms with van der Waals surface area (Å²) in [4.78, 5) is 55.0. The van der Waals surface area contributed by atoms with Crippen molar-refractivity contribution in [3.8, 4) is 11.5 Å². The van der Waals surface area contributed by atoms with E-state index >= 15 is 0 Å². The molecule has 1 aromatic rings. The number of phenols is 1. The lowest BCUT2D eigenvalue weighted by Gasteiger charge is -2.42. The molecule has 0 spiro atoms. The van der Waals surface area contributed by atoms with E-state index in [1.807, 2.05) is 26.8 Å². The molecule has 4 atom stereocenters. The van der Waals surface area contributed by atoms with Crippen molar-refractivity contribution in [2.75, 3.05) is 7.11 Å². The lowest BCUT2D eigenvalue weighted by atomic mass is 9.59. The van der Waals surface area contributed by atoms with Crippen molar-refractivity contribution in [1.29, 1.82) is 0 Å². The molecule has 0 aromatic heterocycles. The summed E-state index contributed by atoms with van der Waals surface area (Å²) in [5.41, 5.74) is 1.56. The van der Waals surface area contributed by atoms with E-state index in [1.165, 1.54) is 18.1 Å². The molecule has 7 nitrogen and oxygen atoms in total. The van der Waals surface area contributed by atoms with Crippen LogP contribution in [0.15, 0.2) is 50.0 Å². The zero-order valence-corrected chi connectivity index (χ0v) is 23.4. The van der Waals surface area contributed by atoms with Crippen LogP contribution < -0.4 is 4.74 Å². The molecule has 36 heavy (non-hydrogen) atoms. The monoisotopic (exact) mass is 617 g/mol. The second kappa shape index (κ2) is 8.52. The predicted molar refractivity (Wildman–Crippen MR) is 139 cm³/mol. The summed E-state index contributed by atoms with van der Waals surface area (Å²) < 4.78 is 5.92. The second-order valence-electron chi connectivity index (χ2n) is 10.6. The number of phenolic OH excluding ortho intramolecular Hbond substituents is 1. The molecular formula is C27H25Br2NO6. The smallest absolute Gasteiger partial charge is 0.234 e. The summed E-state index contributed by atoms with van der Waals surface area (Å²) in [5, 5.41) is 10.4. The number of allylic oxidation sites excluding steroid dienone is 6. The number of ketones is 2. The third kappa shape index (κ3) is 3.57. The molecule has 5 rings (SSSR count). The molecule has 0 radical (unpaired) electrons. The van der Waals surface area contributed by atoms with Crippen molar-refractivity contribution in [2.45, 2.75) is 45.1 Å². The van der Waals surface area contributed by atoms with Gasteiger partial charge in [-0.15, -0.1) is 0 Å². The van der Waals surface area contributed by atoms with Crippen LogP contribution in [0, 0.1) is 17.8 Å². The van der Waals surface area contributed by atoms with Crippen LogP contribution in [0.5, 0.6) is 11.5 Å². The van der Waals surface area contributed by atoms with Crippen molar-refractivity contribution in [2.24, 2.45) is 17.8 Å². The summed E-state index contributed by atoms with van der Waals surface area (Å²) in [7, 11) is 1.43. The van der Waals surface area contributed by atoms with E-state index in [4.69, 9.17) is 4.74 Å². The number of Topliss-reactive ketones (excluding diaryl/α,β-unsaturated/α-hetero) is 1. The molecule has 0 saturated carbocycles. The molecule has 1 aliphatic heterocycles. The zero-order valence-electron chi connectivity index (χ0n) is 20.2. The Morgan fingerprint density at radius 2 is 1.75 bits per heavy atom. The molecule has 2 amide bonds. The van der Waals surface area contributed by atoms with Crippen LogP contribution in [-0.2, 0) is 19.2 Å². The van der Waals surface area contributed by atoms with Gasteiger partial charge in [0.05, 0.1) is 27.9 Å². The molecule has 4 unspecified atom stereocenters. The highest BCUT2D eigenvalue weighted by atomic mass is 79.9. The average molecular weight is 619 g/mol. The number of carbonyl (C=O) groups is 4. The number of rotatable bonds is 2. The number of aromatic hydroxyl groups is 1. The number of amides is 2. The number of carbonyl (C=O) groups excluding carboxylic acids is 4. The Bertz CT molecular complexity index is 1350. The van der Waals surface area contributed by atoms with Gasteiger partial charge in [-0.3, -0.25) is 24.1 Å². The van der Waals surface area contributed by atoms with E-state index in [0.717, 1.165) is 5.57 Å². The van der Waals surface area contributed by atoms with Gasteiger partial charge in [0.15, 0.2) is 23.1 Å². The maximum atomic E-state index is 13.7. The van der Waals surface area contributed by atoms with Crippen LogP contribution in [0.4, 0.5) is 0 Å². The van der Waals surface area contributed by atoms with Gasteiger partial charge in [-0.2, -0.15) is 0 Å². The number of halogens is 2. The molecule has 188 valence electrons. The number of benzene rings is 1. The normalized spacial score (nSPS) is 28.0. The molecule has 0 bridgehead atoms. The third-order valence-electron chi connectivity index (χ3n) is 7.61. The van der Waals surface area contributed by atoms with Gasteiger partial charge < -0.3 is 9.84 Å². The Morgan fingerprint density at radius 1 is 1.06 bits per heavy atom. The predicted octanol–water partition coefficient (Wildman–Crippen LogP) is 4.72. The topological polar surface area (TPSA) is 101 Å². The lowest BCUT2D eigenvalue weighted by molar-refractivity contribution is -0.145. The van der Waals surface area contributed by atoms with Gasteiger partial charge in [-0.25, -0.2) is 0 Å². The van der Waals surface area contributed by atoms with E-state index in [9.17, 15) is 24.3 Å². The van der Waals surface area contributed by atoms with Gasteiger partial charge in [0, 0.05) is 28.7 Å². The van der Waals surface area contributed by atoms with Crippen molar-refractivity contribution >= 4 is 55.2 Å². The SMILES string of the molecule is COc1cc(C2C3=CCC4C(=O)N(C(C)(C)C)C(=O)C4C3CC3=C2C(=O)C=C(Br)C3=O)cc(Br)c1O. The fourth-order valence-electron chi connectivity index (χ4n) is 6.16. The summed E-state index contributed by atoms with van der Waals surface area (Å²) in [6, 6.07) is 3.36. The highest BCUT2D eigenvalue weighted by Crippen LogP contribution is 2.56. The first kappa shape index (κ1) is 25.1. The first-order valence-electron chi connectivity index (χ1n) is 11.7. The van der Waals surface area contributed by atoms with Crippen molar-refractivity contribution in [1.82, 2.24) is 4.90 Å². The quantitative estimate of drug-likeness (QED) is 0.292. The molecule has 1 aromatic carbocycles. The highest BCUT2D eigenvalue weighted by molar-refractivity contribution is 9.12. The van der Waals surface area contributed by atoms with Crippen molar-refractivity contribution in [3.63, 3.8) is 0 Å². The van der Waals surface area contributed by atoms with E-state index in [1.54, 1.807) is 12.1 Å². The Balaban J connectivity index is 1.71. The van der Waals surface area contributed by atoms with Crippen LogP contribution in [0.2, 0.25) is 0 Å². The van der Waals surface area contributed by atoms with Gasteiger partial charge >= 0.3 is 0 Å². The van der Waals surface area contributed by atoms with Crippen molar-refractivity contribution < 1.29 is 29.0 Å². The largest absolute Gasteiger partial charge is 0.503 e. The first-order valence-corrected chi connectivity index (χ1v) is 13.3. The first-order chi connectivity index (χ1) is 16.9. The van der Waals surface area contributed by atoms with E-state index in [0.29, 0.717) is 27.6 Å². The maximum absolute atomic E-state index is 13.7. The Labute approximate surface area is 225 Å². The molecule has 4 aliphatic rings. The summed E-state index contributed by atoms with van der Waals surface area (Å²) >= 11 is 6.60. The highest BCUT2D eigenvalue weighted by Gasteiger charge is 2.58. The fourth-order valence-corrected chi connectivity index (χ4v) is 7.07. The number of ether oxygens (including phenoxy) is 1. The van der Waals surface area contributed by atoms with Crippen molar-refractivity contribution in [3.05, 3.63) is 55.5 Å². The number of hydrogen-bond acceptors (Lipinski definition) is 6. The number of imide groups is 1. The Morgan fingerprint density at radius 3 is 2.39 bits per heavy atom. The molecule has 3 aliphatic carbocycles. The van der Waals surface area contributed by atoms with E-state index in [-0.39, 0.29) is 45.8 Å². The standard InChI is InChI=1S/C27H25Br2NO6/c1-27(2,3)30-25(34)13-6-5-12-14(21(13)26(30)35)9-15-22(18(31)10-17(29)23(15)32)20(12)11-7-16(28)24(33)19(8-11)36-4/h5,7-8,10,13-14,20-21,33H,6,9H2,1-4H3. The van der Waals surface area contributed by atoms with Gasteiger partial charge in [-0.1, -0.05) is 11.6 Å². The molecule has 1 fully saturated rings. The average Bonchev–Trinajstić information content (AvgIpc) is 3.08. The minimum absolute atomic E-state index is 0.0772. The minimum Gasteiger partial charge on any atom is -0.503 e. The lowest BCUT2D eigenvalue weighted by Crippen LogP contribution is -2.46. The number of hydrogen-bond donors (Lipinski definition) is 1. The van der Waals surface area contributed by atoms with E-state index in [2.05, 4.69) is 31.9 Å². The van der Waals surface area contributed by atoms with Crippen LogP contribution in [0.1, 0.15) is 45.1 Å². The van der Waals surface area contributed by atoms with Gasteiger partial charge in [-0.05, 0) is 89.1 Å². The Hall–Kier alpha value is -2.52. The molecule has 1 saturated heterocycles. The number of nitrogens with zero attached hydrogens (tertiary/aromatic N) is 1. The van der Waals surface area contributed by atoms with Gasteiger partial charge in [0.2, 0.25) is 11.8 Å². The van der Waals surface area contributed by atoms with Crippen LogP contribution in [0.3, 0.4) is 0 Å². The maximum Gasteiger partial charge on any atom is 0.234 e. The summed E-state index contributed by atoms with van der Waals surface area (Å²) in [5.74, 6) is -2.99. The summed E-state index contributed by atoms with van der Waals surface area (Å²) in [6.07, 6.45) is 3.85. The van der Waals surface area contributed by atoms with E-state index < -0.39 is 29.2 Å². The number of fused-ring (bicyclic) bond motifs is 3. The van der Waals surface area contributed by atoms with Gasteiger partial charge in [0.1, 0.15) is 0 Å². The van der Waals surface area contributed by atoms with Crippen LogP contribution in [-0.4, -0.2) is 46.0 Å². The van der Waals surface area contributed by atoms with Gasteiger partial charge in [0.25, 0.3) is 0 Å². The van der Waals surface area contributed by atoms with Crippen LogP contribution in [0.25, 0.3) is 0 Å². The summed E-state index contributed by atoms with van der Waals surface area (Å²) in [6.45, 7) is 5.51.